The molecule has 0 aliphatic rings. The van der Waals surface area contributed by atoms with E-state index in [-0.39, 0.29) is 12.2 Å². The van der Waals surface area contributed by atoms with Crippen molar-refractivity contribution in [1.82, 2.24) is 14.8 Å². The molecule has 0 saturated heterocycles. The maximum Gasteiger partial charge on any atom is 0.325 e. The Morgan fingerprint density at radius 3 is 2.79 bits per heavy atom. The minimum Gasteiger partial charge on any atom is -0.480 e. The number of aliphatic carboxylic acids is 1. The molecule has 0 atom stereocenters. The van der Waals surface area contributed by atoms with E-state index >= 15 is 0 Å². The Kier molecular flexibility index (Phi) is 3.76. The molecule has 0 bridgehead atoms. The van der Waals surface area contributed by atoms with Gasteiger partial charge in [0.05, 0.1) is 5.02 Å². The van der Waals surface area contributed by atoms with E-state index in [1.165, 1.54) is 24.5 Å². The van der Waals surface area contributed by atoms with Crippen molar-refractivity contribution in [2.24, 2.45) is 0 Å². The lowest BCUT2D eigenvalue weighted by molar-refractivity contribution is -0.137. The van der Waals surface area contributed by atoms with Gasteiger partial charge in [0.1, 0.15) is 18.1 Å². The average molecular weight is 281 g/mol. The Labute approximate surface area is 112 Å². The molecular weight excluding hydrogens is 272 g/mol. The Hall–Kier alpha value is -2.41. The fourth-order valence-corrected chi connectivity index (χ4v) is 1.52. The predicted octanol–water partition coefficient (Wildman–Crippen LogP) is 1.27. The molecule has 0 radical (unpaired) electrons. The molecule has 1 amide bonds. The van der Waals surface area contributed by atoms with Crippen LogP contribution in [0.2, 0.25) is 5.02 Å². The summed E-state index contributed by atoms with van der Waals surface area (Å²) in [4.78, 5) is 26.5. The van der Waals surface area contributed by atoms with Gasteiger partial charge >= 0.3 is 5.97 Å². The molecule has 0 aliphatic carbocycles. The number of hydrogen-bond donors (Lipinski definition) is 2. The number of carbonyl (C=O) groups is 2. The first-order chi connectivity index (χ1) is 9.06. The van der Waals surface area contributed by atoms with Crippen molar-refractivity contribution in [2.45, 2.75) is 6.54 Å². The third-order valence-corrected chi connectivity index (χ3v) is 2.43. The van der Waals surface area contributed by atoms with Crippen LogP contribution in [0.4, 0.5) is 5.82 Å². The fraction of sp³-hybridized carbons (Fsp3) is 0.0909. The van der Waals surface area contributed by atoms with Crippen molar-refractivity contribution >= 4 is 29.3 Å². The van der Waals surface area contributed by atoms with Crippen LogP contribution < -0.4 is 5.32 Å². The van der Waals surface area contributed by atoms with Crippen LogP contribution in [-0.4, -0.2) is 31.7 Å². The highest BCUT2D eigenvalue weighted by molar-refractivity contribution is 6.30. The molecule has 0 saturated carbocycles. The molecule has 0 fully saturated rings. The van der Waals surface area contributed by atoms with E-state index in [1.807, 2.05) is 0 Å². The highest BCUT2D eigenvalue weighted by Crippen LogP contribution is 2.11. The van der Waals surface area contributed by atoms with Gasteiger partial charge in [-0.05, 0) is 18.2 Å². The number of carbonyl (C=O) groups excluding carboxylic acids is 1. The summed E-state index contributed by atoms with van der Waals surface area (Å²) in [5.41, 5.74) is 0.138. The maximum absolute atomic E-state index is 11.9. The highest BCUT2D eigenvalue weighted by atomic mass is 35.5. The van der Waals surface area contributed by atoms with Crippen LogP contribution in [0.5, 0.6) is 0 Å². The van der Waals surface area contributed by atoms with Crippen LogP contribution in [-0.2, 0) is 11.3 Å². The molecule has 2 aromatic rings. The smallest absolute Gasteiger partial charge is 0.325 e. The summed E-state index contributed by atoms with van der Waals surface area (Å²) in [6.07, 6.45) is 2.75. The Morgan fingerprint density at radius 1 is 1.37 bits per heavy atom. The van der Waals surface area contributed by atoms with Gasteiger partial charge in [-0.2, -0.15) is 5.10 Å². The van der Waals surface area contributed by atoms with Gasteiger partial charge in [-0.1, -0.05) is 11.6 Å². The van der Waals surface area contributed by atoms with Gasteiger partial charge in [-0.25, -0.2) is 9.67 Å². The number of nitrogens with one attached hydrogen (secondary N) is 1. The number of halogens is 1. The van der Waals surface area contributed by atoms with Crippen molar-refractivity contribution < 1.29 is 14.7 Å². The zero-order valence-electron chi connectivity index (χ0n) is 9.58. The Balaban J connectivity index is 2.14. The first-order valence-corrected chi connectivity index (χ1v) is 5.60. The minimum atomic E-state index is -1.08. The van der Waals surface area contributed by atoms with Gasteiger partial charge < -0.3 is 10.4 Å². The van der Waals surface area contributed by atoms with E-state index in [9.17, 15) is 9.59 Å². The van der Waals surface area contributed by atoms with Gasteiger partial charge in [0.15, 0.2) is 0 Å². The van der Waals surface area contributed by atoms with Gasteiger partial charge in [-0.15, -0.1) is 0 Å². The summed E-state index contributed by atoms with van der Waals surface area (Å²) in [6.45, 7) is -0.385. The molecule has 7 nitrogen and oxygen atoms in total. The molecular formula is C11H9ClN4O3. The molecule has 2 heterocycles. The van der Waals surface area contributed by atoms with E-state index in [2.05, 4.69) is 15.4 Å². The minimum absolute atomic E-state index is 0.138. The molecule has 2 rings (SSSR count). The Morgan fingerprint density at radius 2 is 2.16 bits per heavy atom. The SMILES string of the molecule is O=C(O)Cn1nccc1C(=O)Nc1ccc(Cl)cn1. The van der Waals surface area contributed by atoms with Gasteiger partial charge in [0.25, 0.3) is 5.91 Å². The summed E-state index contributed by atoms with van der Waals surface area (Å²) in [6, 6.07) is 4.55. The Bertz CT molecular complexity index is 609. The summed E-state index contributed by atoms with van der Waals surface area (Å²) >= 11 is 5.68. The molecule has 0 aliphatic heterocycles. The van der Waals surface area contributed by atoms with Crippen molar-refractivity contribution in [1.29, 1.82) is 0 Å². The highest BCUT2D eigenvalue weighted by Gasteiger charge is 2.14. The zero-order valence-corrected chi connectivity index (χ0v) is 10.3. The number of carboxylic acids is 1. The van der Waals surface area contributed by atoms with Crippen LogP contribution in [0.25, 0.3) is 0 Å². The monoisotopic (exact) mass is 280 g/mol. The van der Waals surface area contributed by atoms with Crippen molar-refractivity contribution in [3.8, 4) is 0 Å². The van der Waals surface area contributed by atoms with E-state index in [1.54, 1.807) is 6.07 Å². The molecule has 8 heteroatoms. The number of hydrogen-bond acceptors (Lipinski definition) is 4. The van der Waals surface area contributed by atoms with E-state index in [4.69, 9.17) is 16.7 Å². The predicted molar refractivity (Wildman–Crippen MR) is 67.1 cm³/mol. The third-order valence-electron chi connectivity index (χ3n) is 2.20. The maximum atomic E-state index is 11.9. The number of amides is 1. The second-order valence-electron chi connectivity index (χ2n) is 3.58. The topological polar surface area (TPSA) is 97.1 Å². The molecule has 2 aromatic heterocycles. The van der Waals surface area contributed by atoms with Gasteiger partial charge in [0.2, 0.25) is 0 Å². The second-order valence-corrected chi connectivity index (χ2v) is 4.02. The molecule has 0 unspecified atom stereocenters. The lowest BCUT2D eigenvalue weighted by atomic mass is 10.3. The number of nitrogens with zero attached hydrogens (tertiary/aromatic N) is 3. The van der Waals surface area contributed by atoms with E-state index in [0.29, 0.717) is 10.8 Å². The van der Waals surface area contributed by atoms with Crippen LogP contribution in [0, 0.1) is 0 Å². The summed E-state index contributed by atoms with van der Waals surface area (Å²) < 4.78 is 1.09. The zero-order chi connectivity index (χ0) is 13.8. The summed E-state index contributed by atoms with van der Waals surface area (Å²) in [7, 11) is 0. The number of carboxylic acid groups (broad SMARTS) is 1. The lowest BCUT2D eigenvalue weighted by Gasteiger charge is -2.06. The second kappa shape index (κ2) is 5.49. The molecule has 19 heavy (non-hydrogen) atoms. The summed E-state index contributed by atoms with van der Waals surface area (Å²) in [5, 5.41) is 15.4. The van der Waals surface area contributed by atoms with E-state index < -0.39 is 11.9 Å². The standard InChI is InChI=1S/C11H9ClN4O3/c12-7-1-2-9(13-5-7)15-11(19)8-3-4-14-16(8)6-10(17)18/h1-5H,6H2,(H,17,18)(H,13,15,19). The van der Waals surface area contributed by atoms with Crippen LogP contribution in [0.1, 0.15) is 10.5 Å². The normalized spacial score (nSPS) is 10.2. The average Bonchev–Trinajstić information content (AvgIpc) is 2.79. The third kappa shape index (κ3) is 3.29. The van der Waals surface area contributed by atoms with Gasteiger partial charge in [0, 0.05) is 12.4 Å². The first-order valence-electron chi connectivity index (χ1n) is 5.23. The molecule has 0 spiro atoms. The largest absolute Gasteiger partial charge is 0.480 e. The van der Waals surface area contributed by atoms with Crippen molar-refractivity contribution in [3.63, 3.8) is 0 Å². The number of pyridine rings is 1. The molecule has 98 valence electrons. The number of anilines is 1. The number of rotatable bonds is 4. The first kappa shape index (κ1) is 13.0. The van der Waals surface area contributed by atoms with Crippen molar-refractivity contribution in [2.75, 3.05) is 5.32 Å². The molecule has 0 aromatic carbocycles. The quantitative estimate of drug-likeness (QED) is 0.879. The molecule has 2 N–H and O–H groups in total. The number of aromatic nitrogens is 3. The summed E-state index contributed by atoms with van der Waals surface area (Å²) in [5.74, 6) is -1.26. The van der Waals surface area contributed by atoms with Gasteiger partial charge in [-0.3, -0.25) is 9.59 Å². The van der Waals surface area contributed by atoms with Crippen LogP contribution >= 0.6 is 11.6 Å². The van der Waals surface area contributed by atoms with Crippen LogP contribution in [0.15, 0.2) is 30.6 Å². The van der Waals surface area contributed by atoms with Crippen LogP contribution in [0.3, 0.4) is 0 Å². The van der Waals surface area contributed by atoms with E-state index in [0.717, 1.165) is 4.68 Å². The fourth-order valence-electron chi connectivity index (χ4n) is 1.41. The van der Waals surface area contributed by atoms with Crippen molar-refractivity contribution in [3.05, 3.63) is 41.3 Å². The lowest BCUT2D eigenvalue weighted by Crippen LogP contribution is -2.21.